The number of amides is 3. The first-order valence-corrected chi connectivity index (χ1v) is 7.42. The number of rotatable bonds is 5. The summed E-state index contributed by atoms with van der Waals surface area (Å²) in [4.78, 5) is 36.4. The van der Waals surface area contributed by atoms with Gasteiger partial charge in [-0.05, 0) is 33.6 Å². The van der Waals surface area contributed by atoms with E-state index in [4.69, 9.17) is 4.74 Å². The molecule has 0 spiro atoms. The van der Waals surface area contributed by atoms with E-state index in [9.17, 15) is 14.4 Å². The van der Waals surface area contributed by atoms with Gasteiger partial charge in [-0.25, -0.2) is 4.79 Å². The van der Waals surface area contributed by atoms with Gasteiger partial charge in [-0.2, -0.15) is 0 Å². The van der Waals surface area contributed by atoms with Crippen molar-refractivity contribution in [2.45, 2.75) is 52.1 Å². The maximum Gasteiger partial charge on any atom is 0.409 e. The molecule has 1 saturated heterocycles. The fraction of sp³-hybridized carbons (Fsp3) is 0.786. The van der Waals surface area contributed by atoms with E-state index in [0.29, 0.717) is 32.5 Å². The second kappa shape index (κ2) is 8.49. The zero-order chi connectivity index (χ0) is 15.8. The van der Waals surface area contributed by atoms with E-state index in [-0.39, 0.29) is 36.4 Å². The molecule has 0 radical (unpaired) electrons. The molecule has 0 bridgehead atoms. The molecule has 0 atom stereocenters. The van der Waals surface area contributed by atoms with Crippen LogP contribution in [0, 0.1) is 0 Å². The van der Waals surface area contributed by atoms with Gasteiger partial charge >= 0.3 is 6.09 Å². The molecule has 7 heteroatoms. The van der Waals surface area contributed by atoms with Crippen molar-refractivity contribution in [1.29, 1.82) is 0 Å². The van der Waals surface area contributed by atoms with Crippen LogP contribution in [0.3, 0.4) is 0 Å². The predicted octanol–water partition coefficient (Wildman–Crippen LogP) is 0.638. The first-order chi connectivity index (χ1) is 9.92. The number of carbonyl (C=O) groups excluding carboxylic acids is 3. The number of ether oxygens (including phenoxy) is 1. The van der Waals surface area contributed by atoms with Crippen molar-refractivity contribution >= 4 is 17.9 Å². The SMILES string of the molecule is CCOC(=O)N1CCC(NC(=O)CC(=O)NC(C)C)CC1. The van der Waals surface area contributed by atoms with Crippen LogP contribution in [0.15, 0.2) is 0 Å². The van der Waals surface area contributed by atoms with Gasteiger partial charge in [-0.15, -0.1) is 0 Å². The minimum atomic E-state index is -0.307. The van der Waals surface area contributed by atoms with E-state index < -0.39 is 0 Å². The third kappa shape index (κ3) is 6.46. The van der Waals surface area contributed by atoms with Crippen LogP contribution in [0.25, 0.3) is 0 Å². The van der Waals surface area contributed by atoms with Crippen molar-refractivity contribution < 1.29 is 19.1 Å². The Labute approximate surface area is 125 Å². The Hall–Kier alpha value is -1.79. The Balaban J connectivity index is 2.27. The maximum atomic E-state index is 11.7. The van der Waals surface area contributed by atoms with Gasteiger partial charge in [-0.3, -0.25) is 9.59 Å². The largest absolute Gasteiger partial charge is 0.450 e. The average Bonchev–Trinajstić information content (AvgIpc) is 2.38. The highest BCUT2D eigenvalue weighted by molar-refractivity contribution is 5.97. The summed E-state index contributed by atoms with van der Waals surface area (Å²) in [7, 11) is 0. The van der Waals surface area contributed by atoms with Gasteiger partial charge in [-0.1, -0.05) is 0 Å². The van der Waals surface area contributed by atoms with Gasteiger partial charge in [0.25, 0.3) is 0 Å². The first kappa shape index (κ1) is 17.3. The molecular weight excluding hydrogens is 274 g/mol. The van der Waals surface area contributed by atoms with Crippen molar-refractivity contribution in [1.82, 2.24) is 15.5 Å². The van der Waals surface area contributed by atoms with Gasteiger partial charge in [0.05, 0.1) is 6.61 Å². The standard InChI is InChI=1S/C14H25N3O4/c1-4-21-14(20)17-7-5-11(6-8-17)16-13(19)9-12(18)15-10(2)3/h10-11H,4-9H2,1-3H3,(H,15,18)(H,16,19). The van der Waals surface area contributed by atoms with Gasteiger partial charge in [0.1, 0.15) is 6.42 Å². The second-order valence-electron chi connectivity index (χ2n) is 5.43. The number of hydrogen-bond acceptors (Lipinski definition) is 4. The van der Waals surface area contributed by atoms with Crippen LogP contribution in [-0.4, -0.2) is 54.6 Å². The zero-order valence-electron chi connectivity index (χ0n) is 13.0. The van der Waals surface area contributed by atoms with E-state index >= 15 is 0 Å². The van der Waals surface area contributed by atoms with Crippen molar-refractivity contribution in [2.24, 2.45) is 0 Å². The Kier molecular flexibility index (Phi) is 6.98. The molecule has 1 fully saturated rings. The lowest BCUT2D eigenvalue weighted by atomic mass is 10.1. The Bertz CT molecular complexity index is 376. The van der Waals surface area contributed by atoms with Crippen LogP contribution in [0.4, 0.5) is 4.79 Å². The summed E-state index contributed by atoms with van der Waals surface area (Å²) in [6.07, 6.45) is 0.891. The molecule has 0 aromatic rings. The summed E-state index contributed by atoms with van der Waals surface area (Å²) in [5.74, 6) is -0.547. The quantitative estimate of drug-likeness (QED) is 0.729. The van der Waals surface area contributed by atoms with Crippen LogP contribution >= 0.6 is 0 Å². The minimum absolute atomic E-state index is 0.00928. The van der Waals surface area contributed by atoms with Gasteiger partial charge in [0, 0.05) is 25.2 Å². The minimum Gasteiger partial charge on any atom is -0.450 e. The normalized spacial score (nSPS) is 15.7. The summed E-state index contributed by atoms with van der Waals surface area (Å²) >= 11 is 0. The van der Waals surface area contributed by atoms with Crippen molar-refractivity contribution in [2.75, 3.05) is 19.7 Å². The summed E-state index contributed by atoms with van der Waals surface area (Å²) in [6.45, 7) is 6.94. The van der Waals surface area contributed by atoms with Gasteiger partial charge in [0.2, 0.25) is 11.8 Å². The number of likely N-dealkylation sites (tertiary alicyclic amines) is 1. The summed E-state index contributed by atoms with van der Waals surface area (Å²) in [6, 6.07) is 0.0353. The van der Waals surface area contributed by atoms with E-state index in [0.717, 1.165) is 0 Å². The zero-order valence-corrected chi connectivity index (χ0v) is 13.0. The maximum absolute atomic E-state index is 11.7. The Morgan fingerprint density at radius 1 is 1.19 bits per heavy atom. The number of nitrogens with zero attached hydrogens (tertiary/aromatic N) is 1. The molecule has 120 valence electrons. The monoisotopic (exact) mass is 299 g/mol. The fourth-order valence-corrected chi connectivity index (χ4v) is 2.22. The highest BCUT2D eigenvalue weighted by Gasteiger charge is 2.24. The topological polar surface area (TPSA) is 87.7 Å². The summed E-state index contributed by atoms with van der Waals surface area (Å²) < 4.78 is 4.93. The Morgan fingerprint density at radius 3 is 2.33 bits per heavy atom. The molecule has 0 aromatic heterocycles. The Morgan fingerprint density at radius 2 is 1.81 bits per heavy atom. The fourth-order valence-electron chi connectivity index (χ4n) is 2.22. The first-order valence-electron chi connectivity index (χ1n) is 7.42. The molecule has 0 aliphatic carbocycles. The van der Waals surface area contributed by atoms with E-state index in [1.54, 1.807) is 11.8 Å². The van der Waals surface area contributed by atoms with Gasteiger partial charge in [0.15, 0.2) is 0 Å². The van der Waals surface area contributed by atoms with Crippen LogP contribution in [-0.2, 0) is 14.3 Å². The second-order valence-corrected chi connectivity index (χ2v) is 5.43. The van der Waals surface area contributed by atoms with E-state index in [1.807, 2.05) is 13.8 Å². The molecule has 1 heterocycles. The molecule has 0 aromatic carbocycles. The molecule has 2 N–H and O–H groups in total. The van der Waals surface area contributed by atoms with E-state index in [2.05, 4.69) is 10.6 Å². The highest BCUT2D eigenvalue weighted by Crippen LogP contribution is 2.11. The molecule has 0 saturated carbocycles. The molecule has 7 nitrogen and oxygen atoms in total. The molecular formula is C14H25N3O4. The summed E-state index contributed by atoms with van der Waals surface area (Å²) in [5, 5.41) is 5.51. The predicted molar refractivity (Wildman–Crippen MR) is 77.7 cm³/mol. The molecule has 3 amide bonds. The van der Waals surface area contributed by atoms with Crippen molar-refractivity contribution in [3.8, 4) is 0 Å². The van der Waals surface area contributed by atoms with Gasteiger partial charge < -0.3 is 20.3 Å². The average molecular weight is 299 g/mol. The lowest BCUT2D eigenvalue weighted by Gasteiger charge is -2.31. The third-order valence-corrected chi connectivity index (χ3v) is 3.16. The van der Waals surface area contributed by atoms with Crippen LogP contribution in [0.5, 0.6) is 0 Å². The third-order valence-electron chi connectivity index (χ3n) is 3.16. The summed E-state index contributed by atoms with van der Waals surface area (Å²) in [5.41, 5.74) is 0. The highest BCUT2D eigenvalue weighted by atomic mass is 16.6. The molecule has 21 heavy (non-hydrogen) atoms. The van der Waals surface area contributed by atoms with Crippen molar-refractivity contribution in [3.63, 3.8) is 0 Å². The van der Waals surface area contributed by atoms with Crippen LogP contribution < -0.4 is 10.6 Å². The molecule has 1 rings (SSSR count). The molecule has 0 unspecified atom stereocenters. The van der Waals surface area contributed by atoms with Crippen LogP contribution in [0.1, 0.15) is 40.0 Å². The lowest BCUT2D eigenvalue weighted by molar-refractivity contribution is -0.130. The van der Waals surface area contributed by atoms with Crippen molar-refractivity contribution in [3.05, 3.63) is 0 Å². The number of nitrogens with one attached hydrogen (secondary N) is 2. The van der Waals surface area contributed by atoms with Crippen LogP contribution in [0.2, 0.25) is 0 Å². The lowest BCUT2D eigenvalue weighted by Crippen LogP contribution is -2.47. The number of piperidine rings is 1. The number of carbonyl (C=O) groups is 3. The number of hydrogen-bond donors (Lipinski definition) is 2. The molecule has 1 aliphatic heterocycles. The molecule has 1 aliphatic rings. The van der Waals surface area contributed by atoms with E-state index in [1.165, 1.54) is 0 Å². The smallest absolute Gasteiger partial charge is 0.409 e.